The van der Waals surface area contributed by atoms with Gasteiger partial charge in [0, 0.05) is 44.8 Å². The molecule has 0 aromatic carbocycles. The maximum Gasteiger partial charge on any atom is 0.280 e. The number of nitrogens with one attached hydrogen (secondary N) is 3. The molecule has 0 saturated carbocycles. The summed E-state index contributed by atoms with van der Waals surface area (Å²) >= 11 is 1.07. The van der Waals surface area contributed by atoms with Crippen molar-refractivity contribution < 1.29 is 19.1 Å². The minimum atomic E-state index is -0.331. The number of carbonyl (C=O) groups is 2. The maximum absolute atomic E-state index is 13.0. The molecule has 1 atom stereocenters. The van der Waals surface area contributed by atoms with E-state index in [0.717, 1.165) is 42.0 Å². The van der Waals surface area contributed by atoms with E-state index in [-0.39, 0.29) is 29.0 Å². The Morgan fingerprint density at radius 3 is 2.97 bits per heavy atom. The summed E-state index contributed by atoms with van der Waals surface area (Å²) in [4.78, 5) is 34.7. The largest absolute Gasteiger partial charge is 0.377 e. The molecule has 0 radical (unpaired) electrons. The number of hydrogen-bond acceptors (Lipinski definition) is 8. The fourth-order valence-electron chi connectivity index (χ4n) is 3.57. The van der Waals surface area contributed by atoms with Crippen molar-refractivity contribution in [3.8, 4) is 0 Å². The molecule has 3 N–H and O–H groups in total. The molecule has 0 aliphatic carbocycles. The van der Waals surface area contributed by atoms with Crippen molar-refractivity contribution in [3.05, 3.63) is 46.2 Å². The second-order valence-corrected chi connectivity index (χ2v) is 9.30. The molecule has 3 aromatic rings. The number of ether oxygens (including phenoxy) is 2. The van der Waals surface area contributed by atoms with Gasteiger partial charge in [0.1, 0.15) is 10.5 Å². The third-order valence-corrected chi connectivity index (χ3v) is 6.34. The Labute approximate surface area is 202 Å². The Morgan fingerprint density at radius 1 is 1.29 bits per heavy atom. The van der Waals surface area contributed by atoms with E-state index in [2.05, 4.69) is 25.9 Å². The molecule has 4 rings (SSSR count). The van der Waals surface area contributed by atoms with Crippen LogP contribution in [-0.4, -0.2) is 64.7 Å². The molecule has 0 bridgehead atoms. The molecular formula is C23H30N6O4S. The van der Waals surface area contributed by atoms with Gasteiger partial charge in [-0.1, -0.05) is 6.07 Å². The van der Waals surface area contributed by atoms with Crippen molar-refractivity contribution in [3.63, 3.8) is 0 Å². The van der Waals surface area contributed by atoms with E-state index >= 15 is 0 Å². The quantitative estimate of drug-likeness (QED) is 0.356. The highest BCUT2D eigenvalue weighted by molar-refractivity contribution is 7.16. The van der Waals surface area contributed by atoms with E-state index in [1.165, 1.54) is 0 Å². The average molecular weight is 487 g/mol. The van der Waals surface area contributed by atoms with Gasteiger partial charge in [0.15, 0.2) is 10.8 Å². The molecule has 0 unspecified atom stereocenters. The molecule has 2 amide bonds. The van der Waals surface area contributed by atoms with Crippen LogP contribution in [0.15, 0.2) is 30.7 Å². The van der Waals surface area contributed by atoms with Gasteiger partial charge in [0.2, 0.25) is 0 Å². The molecule has 1 aliphatic heterocycles. The molecule has 1 aliphatic rings. The molecule has 34 heavy (non-hydrogen) atoms. The lowest BCUT2D eigenvalue weighted by Crippen LogP contribution is -2.28. The number of rotatable bonds is 11. The summed E-state index contributed by atoms with van der Waals surface area (Å²) in [7, 11) is 0. The van der Waals surface area contributed by atoms with Gasteiger partial charge in [0.05, 0.1) is 18.8 Å². The van der Waals surface area contributed by atoms with E-state index < -0.39 is 0 Å². The topological polar surface area (TPSA) is 119 Å². The van der Waals surface area contributed by atoms with Gasteiger partial charge in [-0.15, -0.1) is 11.3 Å². The summed E-state index contributed by atoms with van der Waals surface area (Å²) in [5.74, 6) is -0.228. The lowest BCUT2D eigenvalue weighted by molar-refractivity contribution is 0.0746. The van der Waals surface area contributed by atoms with Crippen LogP contribution in [0.1, 0.15) is 51.7 Å². The second kappa shape index (κ2) is 11.4. The minimum absolute atomic E-state index is 0.0741. The summed E-state index contributed by atoms with van der Waals surface area (Å²) in [5, 5.41) is 9.16. The molecule has 10 nitrogen and oxygen atoms in total. The van der Waals surface area contributed by atoms with E-state index in [0.29, 0.717) is 36.9 Å². The molecule has 4 heterocycles. The lowest BCUT2D eigenvalue weighted by Gasteiger charge is -2.11. The number of aromatic nitrogens is 3. The van der Waals surface area contributed by atoms with Gasteiger partial charge in [-0.3, -0.25) is 9.59 Å². The summed E-state index contributed by atoms with van der Waals surface area (Å²) in [6.07, 6.45) is 7.64. The number of thiazole rings is 1. The zero-order valence-electron chi connectivity index (χ0n) is 19.4. The van der Waals surface area contributed by atoms with Crippen LogP contribution in [0.4, 0.5) is 5.82 Å². The van der Waals surface area contributed by atoms with E-state index in [1.807, 2.05) is 42.8 Å². The highest BCUT2D eigenvalue weighted by Crippen LogP contribution is 2.24. The minimum Gasteiger partial charge on any atom is -0.377 e. The third kappa shape index (κ3) is 6.31. The summed E-state index contributed by atoms with van der Waals surface area (Å²) in [5.41, 5.74) is 1.77. The van der Waals surface area contributed by atoms with Crippen LogP contribution < -0.4 is 16.0 Å². The smallest absolute Gasteiger partial charge is 0.280 e. The van der Waals surface area contributed by atoms with Gasteiger partial charge in [-0.05, 0) is 38.3 Å². The van der Waals surface area contributed by atoms with Crippen molar-refractivity contribution in [1.82, 2.24) is 25.0 Å². The van der Waals surface area contributed by atoms with Gasteiger partial charge in [-0.25, -0.2) is 9.97 Å². The number of pyridine rings is 1. The van der Waals surface area contributed by atoms with Crippen LogP contribution in [0.2, 0.25) is 0 Å². The fraction of sp³-hybridized carbons (Fsp3) is 0.478. The fourth-order valence-corrected chi connectivity index (χ4v) is 4.45. The molecule has 182 valence electrons. The first-order valence-electron chi connectivity index (χ1n) is 11.5. The van der Waals surface area contributed by atoms with Gasteiger partial charge < -0.3 is 29.8 Å². The van der Waals surface area contributed by atoms with Crippen molar-refractivity contribution >= 4 is 34.6 Å². The standard InChI is InChI=1S/C23H30N6O4S/c1-15(2)32-11-8-25-22(31)23-28-20(26-13-17-4-3-10-33-17)19(34-23)21(30)27-12-16-5-6-18-24-7-9-29(18)14-16/h5-7,9,14-15,17,26H,3-4,8,10-13H2,1-2H3,(H,25,31)(H,27,30)/t17-/m1/s1. The molecule has 1 fully saturated rings. The third-order valence-electron chi connectivity index (χ3n) is 5.29. The van der Waals surface area contributed by atoms with E-state index in [4.69, 9.17) is 9.47 Å². The van der Waals surface area contributed by atoms with E-state index in [9.17, 15) is 9.59 Å². The number of nitrogens with zero attached hydrogens (tertiary/aromatic N) is 3. The van der Waals surface area contributed by atoms with Crippen LogP contribution in [0, 0.1) is 0 Å². The Kier molecular flexibility index (Phi) is 8.09. The van der Waals surface area contributed by atoms with Gasteiger partial charge in [0.25, 0.3) is 11.8 Å². The molecule has 11 heteroatoms. The predicted molar refractivity (Wildman–Crippen MR) is 129 cm³/mol. The highest BCUT2D eigenvalue weighted by Gasteiger charge is 2.23. The van der Waals surface area contributed by atoms with Crippen molar-refractivity contribution in [1.29, 1.82) is 0 Å². The average Bonchev–Trinajstić information content (AvgIpc) is 3.58. The first kappa shape index (κ1) is 24.1. The summed E-state index contributed by atoms with van der Waals surface area (Å²) < 4.78 is 13.0. The number of fused-ring (bicyclic) bond motifs is 1. The zero-order valence-corrected chi connectivity index (χ0v) is 20.2. The van der Waals surface area contributed by atoms with Crippen molar-refractivity contribution in [2.75, 3.05) is 31.6 Å². The Balaban J connectivity index is 1.42. The zero-order chi connectivity index (χ0) is 23.9. The van der Waals surface area contributed by atoms with Crippen LogP contribution in [-0.2, 0) is 16.0 Å². The molecule has 0 spiro atoms. The van der Waals surface area contributed by atoms with Crippen LogP contribution in [0.25, 0.3) is 5.65 Å². The Bertz CT molecular complexity index is 1120. The maximum atomic E-state index is 13.0. The van der Waals surface area contributed by atoms with Gasteiger partial charge >= 0.3 is 0 Å². The van der Waals surface area contributed by atoms with Crippen LogP contribution in [0.3, 0.4) is 0 Å². The summed E-state index contributed by atoms with van der Waals surface area (Å²) in [6.45, 7) is 6.26. The Morgan fingerprint density at radius 2 is 2.18 bits per heavy atom. The number of imidazole rings is 1. The number of anilines is 1. The normalized spacial score (nSPS) is 15.7. The highest BCUT2D eigenvalue weighted by atomic mass is 32.1. The monoisotopic (exact) mass is 486 g/mol. The molecule has 1 saturated heterocycles. The SMILES string of the molecule is CC(C)OCCNC(=O)c1nc(NC[C@H]2CCCO2)c(C(=O)NCc2ccc3nccn3c2)s1. The van der Waals surface area contributed by atoms with E-state index in [1.54, 1.807) is 6.20 Å². The molecule has 3 aromatic heterocycles. The van der Waals surface area contributed by atoms with Crippen molar-refractivity contribution in [2.45, 2.75) is 45.4 Å². The summed E-state index contributed by atoms with van der Waals surface area (Å²) in [6, 6.07) is 3.82. The first-order chi connectivity index (χ1) is 16.5. The number of carbonyl (C=O) groups excluding carboxylic acids is 2. The first-order valence-corrected chi connectivity index (χ1v) is 12.3. The van der Waals surface area contributed by atoms with Crippen LogP contribution >= 0.6 is 11.3 Å². The lowest BCUT2D eigenvalue weighted by atomic mass is 10.2. The second-order valence-electron chi connectivity index (χ2n) is 8.30. The Hall–Kier alpha value is -3.02. The van der Waals surface area contributed by atoms with Crippen molar-refractivity contribution in [2.24, 2.45) is 0 Å². The van der Waals surface area contributed by atoms with Crippen LogP contribution in [0.5, 0.6) is 0 Å². The number of amides is 2. The number of hydrogen-bond donors (Lipinski definition) is 3. The predicted octanol–water partition coefficient (Wildman–Crippen LogP) is 2.47. The molecular weight excluding hydrogens is 456 g/mol. The van der Waals surface area contributed by atoms with Gasteiger partial charge in [-0.2, -0.15) is 0 Å².